The van der Waals surface area contributed by atoms with E-state index in [4.69, 9.17) is 4.42 Å². The average molecular weight is 407 g/mol. The Kier molecular flexibility index (Phi) is 5.08. The maximum atomic E-state index is 12.5. The van der Waals surface area contributed by atoms with Crippen molar-refractivity contribution in [1.82, 2.24) is 10.2 Å². The summed E-state index contributed by atoms with van der Waals surface area (Å²) in [6.07, 6.45) is -2.80. The van der Waals surface area contributed by atoms with E-state index >= 15 is 0 Å². The molecule has 1 aromatic heterocycles. The third kappa shape index (κ3) is 4.45. The summed E-state index contributed by atoms with van der Waals surface area (Å²) in [5, 5.41) is 4.80. The van der Waals surface area contributed by atoms with E-state index in [1.54, 1.807) is 17.4 Å². The quantitative estimate of drug-likeness (QED) is 0.816. The van der Waals surface area contributed by atoms with Gasteiger partial charge in [-0.3, -0.25) is 9.59 Å². The Morgan fingerprint density at radius 1 is 1.07 bits per heavy atom. The van der Waals surface area contributed by atoms with Crippen molar-refractivity contribution >= 4 is 17.5 Å². The summed E-state index contributed by atoms with van der Waals surface area (Å²) in [4.78, 5) is 25.8. The first-order valence-corrected chi connectivity index (χ1v) is 9.39. The fraction of sp³-hybridized carbons (Fsp3) is 0.400. The van der Waals surface area contributed by atoms with E-state index in [2.05, 4.69) is 10.2 Å². The third-order valence-electron chi connectivity index (χ3n) is 5.32. The van der Waals surface area contributed by atoms with Gasteiger partial charge in [0, 0.05) is 30.4 Å². The molecule has 29 heavy (non-hydrogen) atoms. The largest absolute Gasteiger partial charge is 0.471 e. The fourth-order valence-electron chi connectivity index (χ4n) is 3.96. The van der Waals surface area contributed by atoms with Crippen molar-refractivity contribution in [3.63, 3.8) is 0 Å². The lowest BCUT2D eigenvalue weighted by atomic mass is 9.97. The second-order valence-electron chi connectivity index (χ2n) is 7.51. The number of benzene rings is 1. The van der Waals surface area contributed by atoms with Crippen LogP contribution in [0.1, 0.15) is 23.4 Å². The summed E-state index contributed by atoms with van der Waals surface area (Å²) in [5.41, 5.74) is 0.596. The van der Waals surface area contributed by atoms with Gasteiger partial charge in [0.1, 0.15) is 5.76 Å². The lowest BCUT2D eigenvalue weighted by Crippen LogP contribution is -2.46. The van der Waals surface area contributed by atoms with E-state index in [9.17, 15) is 22.8 Å². The number of nitrogens with zero attached hydrogens (tertiary/aromatic N) is 1. The highest BCUT2D eigenvalue weighted by Gasteiger charge is 2.38. The summed E-state index contributed by atoms with van der Waals surface area (Å²) in [7, 11) is 0. The molecule has 2 bridgehead atoms. The molecule has 2 N–H and O–H groups in total. The number of anilines is 1. The molecule has 0 spiro atoms. The van der Waals surface area contributed by atoms with Crippen LogP contribution in [0.2, 0.25) is 0 Å². The molecular formula is C20H20F3N3O3. The van der Waals surface area contributed by atoms with Gasteiger partial charge in [-0.25, -0.2) is 0 Å². The van der Waals surface area contributed by atoms with Gasteiger partial charge in [-0.05, 0) is 61.7 Å². The van der Waals surface area contributed by atoms with E-state index in [0.717, 1.165) is 26.1 Å². The summed E-state index contributed by atoms with van der Waals surface area (Å²) in [6, 6.07) is 9.01. The Labute approximate surface area is 165 Å². The molecule has 4 rings (SSSR count). The molecule has 2 saturated heterocycles. The Hall–Kier alpha value is -2.81. The number of nitrogens with one attached hydrogen (secondary N) is 2. The Balaban J connectivity index is 1.38. The second-order valence-corrected chi connectivity index (χ2v) is 7.51. The highest BCUT2D eigenvalue weighted by atomic mass is 19.4. The van der Waals surface area contributed by atoms with Gasteiger partial charge in [-0.15, -0.1) is 0 Å². The van der Waals surface area contributed by atoms with Crippen LogP contribution in [-0.2, 0) is 4.79 Å². The summed E-state index contributed by atoms with van der Waals surface area (Å²) >= 11 is 0. The predicted octanol–water partition coefficient (Wildman–Crippen LogP) is 3.27. The van der Waals surface area contributed by atoms with Gasteiger partial charge < -0.3 is 20.0 Å². The molecular weight excluding hydrogens is 387 g/mol. The van der Waals surface area contributed by atoms with Gasteiger partial charge in [-0.2, -0.15) is 13.2 Å². The van der Waals surface area contributed by atoms with Crippen molar-refractivity contribution in [2.45, 2.75) is 25.1 Å². The Morgan fingerprint density at radius 3 is 2.52 bits per heavy atom. The highest BCUT2D eigenvalue weighted by molar-refractivity contribution is 5.95. The SMILES string of the molecule is O=C(N[C@@H]1C[C@H]2CCN(C2)C1)c1ccc(-c2ccc(NC(=O)C(F)(F)F)cc2)o1. The molecule has 2 aliphatic heterocycles. The molecule has 0 aliphatic carbocycles. The standard InChI is InChI=1S/C20H20F3N3O3/c21-20(22,23)19(28)25-14-3-1-13(2-4-14)16-5-6-17(29-16)18(27)24-15-9-12-7-8-26(10-12)11-15/h1-6,12,15H,7-11H2,(H,24,27)(H,25,28)/t12-,15-/m1/s1. The fourth-order valence-corrected chi connectivity index (χ4v) is 3.96. The van der Waals surface area contributed by atoms with Crippen LogP contribution in [0.15, 0.2) is 40.8 Å². The van der Waals surface area contributed by atoms with E-state index in [1.165, 1.54) is 30.7 Å². The number of amides is 2. The Bertz CT molecular complexity index is 896. The van der Waals surface area contributed by atoms with Crippen molar-refractivity contribution in [3.8, 4) is 11.3 Å². The molecule has 2 aliphatic rings. The van der Waals surface area contributed by atoms with Gasteiger partial charge in [-0.1, -0.05) is 0 Å². The minimum absolute atomic E-state index is 0.0162. The molecule has 6 nitrogen and oxygen atoms in total. The molecule has 1 unspecified atom stereocenters. The van der Waals surface area contributed by atoms with Crippen molar-refractivity contribution in [3.05, 3.63) is 42.2 Å². The lowest BCUT2D eigenvalue weighted by Gasteiger charge is -2.30. The zero-order chi connectivity index (χ0) is 20.6. The van der Waals surface area contributed by atoms with Crippen molar-refractivity contribution in [1.29, 1.82) is 0 Å². The molecule has 1 aromatic carbocycles. The van der Waals surface area contributed by atoms with Crippen LogP contribution < -0.4 is 10.6 Å². The van der Waals surface area contributed by atoms with E-state index in [1.807, 2.05) is 0 Å². The van der Waals surface area contributed by atoms with Crippen LogP contribution in [0.4, 0.5) is 18.9 Å². The zero-order valence-electron chi connectivity index (χ0n) is 15.5. The number of hydrogen-bond donors (Lipinski definition) is 2. The van der Waals surface area contributed by atoms with E-state index in [-0.39, 0.29) is 23.4 Å². The number of hydrogen-bond acceptors (Lipinski definition) is 4. The number of carbonyl (C=O) groups is 2. The highest BCUT2D eigenvalue weighted by Crippen LogP contribution is 2.28. The minimum atomic E-state index is -4.95. The van der Waals surface area contributed by atoms with Crippen molar-refractivity contribution in [2.75, 3.05) is 25.0 Å². The first kappa shape index (κ1) is 19.5. The van der Waals surface area contributed by atoms with Gasteiger partial charge >= 0.3 is 12.1 Å². The maximum Gasteiger partial charge on any atom is 0.471 e. The number of piperidine rings is 1. The zero-order valence-corrected chi connectivity index (χ0v) is 15.5. The predicted molar refractivity (Wildman–Crippen MR) is 99.2 cm³/mol. The molecule has 2 amide bonds. The smallest absolute Gasteiger partial charge is 0.451 e. The van der Waals surface area contributed by atoms with Gasteiger partial charge in [0.15, 0.2) is 5.76 Å². The van der Waals surface area contributed by atoms with Crippen LogP contribution in [-0.4, -0.2) is 48.6 Å². The third-order valence-corrected chi connectivity index (χ3v) is 5.32. The topological polar surface area (TPSA) is 74.6 Å². The number of halogens is 3. The first-order chi connectivity index (χ1) is 13.8. The summed E-state index contributed by atoms with van der Waals surface area (Å²) in [6.45, 7) is 3.04. The molecule has 3 atom stereocenters. The first-order valence-electron chi connectivity index (χ1n) is 9.39. The van der Waals surface area contributed by atoms with Crippen LogP contribution in [0.3, 0.4) is 0 Å². The van der Waals surface area contributed by atoms with Crippen molar-refractivity contribution < 1.29 is 27.2 Å². The average Bonchev–Trinajstić information content (AvgIpc) is 3.28. The number of furan rings is 1. The molecule has 0 radical (unpaired) electrons. The van der Waals surface area contributed by atoms with Gasteiger partial charge in [0.2, 0.25) is 0 Å². The van der Waals surface area contributed by atoms with E-state index in [0.29, 0.717) is 17.2 Å². The number of rotatable bonds is 4. The number of alkyl halides is 3. The van der Waals surface area contributed by atoms with Crippen LogP contribution in [0.5, 0.6) is 0 Å². The molecule has 0 saturated carbocycles. The van der Waals surface area contributed by atoms with Crippen LogP contribution in [0.25, 0.3) is 11.3 Å². The Morgan fingerprint density at radius 2 is 1.83 bits per heavy atom. The molecule has 154 valence electrons. The maximum absolute atomic E-state index is 12.5. The van der Waals surface area contributed by atoms with Gasteiger partial charge in [0.05, 0.1) is 0 Å². The molecule has 3 heterocycles. The second kappa shape index (κ2) is 7.55. The lowest BCUT2D eigenvalue weighted by molar-refractivity contribution is -0.167. The van der Waals surface area contributed by atoms with E-state index < -0.39 is 12.1 Å². The molecule has 9 heteroatoms. The minimum Gasteiger partial charge on any atom is -0.451 e. The van der Waals surface area contributed by atoms with Crippen LogP contribution >= 0.6 is 0 Å². The van der Waals surface area contributed by atoms with Crippen molar-refractivity contribution in [2.24, 2.45) is 5.92 Å². The molecule has 2 fully saturated rings. The number of carbonyl (C=O) groups excluding carboxylic acids is 2. The summed E-state index contributed by atoms with van der Waals surface area (Å²) in [5.74, 6) is -1.08. The molecule has 2 aromatic rings. The normalized spacial score (nSPS) is 23.6. The monoisotopic (exact) mass is 407 g/mol. The number of fused-ring (bicyclic) bond motifs is 2. The van der Waals surface area contributed by atoms with Gasteiger partial charge in [0.25, 0.3) is 5.91 Å². The summed E-state index contributed by atoms with van der Waals surface area (Å²) < 4.78 is 42.5. The van der Waals surface area contributed by atoms with Crippen LogP contribution in [0, 0.1) is 5.92 Å².